The molecule has 2 aromatic rings. The smallest absolute Gasteiger partial charge is 0.236 e. The molecule has 1 saturated heterocycles. The average molecular weight is 367 g/mol. The Morgan fingerprint density at radius 3 is 2.67 bits per heavy atom. The monoisotopic (exact) mass is 367 g/mol. The van der Waals surface area contributed by atoms with E-state index in [1.54, 1.807) is 0 Å². The van der Waals surface area contributed by atoms with Gasteiger partial charge in [0, 0.05) is 24.8 Å². The summed E-state index contributed by atoms with van der Waals surface area (Å²) in [5.74, 6) is 0.459. The van der Waals surface area contributed by atoms with Gasteiger partial charge in [0.15, 0.2) is 0 Å². The van der Waals surface area contributed by atoms with Gasteiger partial charge in [0.2, 0.25) is 11.9 Å². The van der Waals surface area contributed by atoms with Crippen LogP contribution < -0.4 is 5.73 Å². The Hall–Kier alpha value is -2.47. The molecule has 6 nitrogen and oxygen atoms in total. The molecule has 2 N–H and O–H groups in total. The van der Waals surface area contributed by atoms with E-state index >= 15 is 0 Å². The highest BCUT2D eigenvalue weighted by Gasteiger charge is 2.30. The van der Waals surface area contributed by atoms with Crippen molar-refractivity contribution in [3.63, 3.8) is 0 Å². The third-order valence-corrected chi connectivity index (χ3v) is 5.31. The molecule has 0 bridgehead atoms. The number of nitrogen functional groups attached to an aromatic ring is 1. The summed E-state index contributed by atoms with van der Waals surface area (Å²) in [6.07, 6.45) is 5.01. The fraction of sp³-hybridized carbons (Fsp3) is 0.476. The van der Waals surface area contributed by atoms with Crippen molar-refractivity contribution >= 4 is 11.9 Å². The third kappa shape index (κ3) is 4.45. The minimum absolute atomic E-state index is 0.0822. The first kappa shape index (κ1) is 19.3. The first-order chi connectivity index (χ1) is 13.1. The molecule has 144 valence electrons. The Kier molecular flexibility index (Phi) is 6.40. The molecule has 1 aromatic heterocycles. The van der Waals surface area contributed by atoms with Crippen LogP contribution in [0.25, 0.3) is 11.1 Å². The number of likely N-dealkylation sites (tertiary alicyclic amines) is 1. The van der Waals surface area contributed by atoms with Crippen molar-refractivity contribution in [2.75, 3.05) is 31.9 Å². The van der Waals surface area contributed by atoms with Gasteiger partial charge in [-0.25, -0.2) is 9.97 Å². The summed E-state index contributed by atoms with van der Waals surface area (Å²) in [7, 11) is 0. The standard InChI is InChI=1S/C21H29N5O/c1-3-25(4-2)19(27)15-26-13-9-8-12-18(26)20-17(14-23-21(22)24-20)16-10-6-5-7-11-16/h5-7,10-11,14,18H,3-4,8-9,12-13,15H2,1-2H3,(H2,22,23,24). The molecule has 6 heteroatoms. The van der Waals surface area contributed by atoms with Gasteiger partial charge in [-0.15, -0.1) is 0 Å². The molecule has 2 heterocycles. The summed E-state index contributed by atoms with van der Waals surface area (Å²) in [4.78, 5) is 25.7. The van der Waals surface area contributed by atoms with Crippen LogP contribution in [0.3, 0.4) is 0 Å². The highest BCUT2D eigenvalue weighted by molar-refractivity contribution is 5.78. The molecule has 1 aliphatic rings. The number of nitrogens with zero attached hydrogens (tertiary/aromatic N) is 4. The third-order valence-electron chi connectivity index (χ3n) is 5.31. The summed E-state index contributed by atoms with van der Waals surface area (Å²) < 4.78 is 0. The predicted molar refractivity (Wildman–Crippen MR) is 108 cm³/mol. The van der Waals surface area contributed by atoms with Crippen LogP contribution in [-0.2, 0) is 4.79 Å². The molecule has 0 aliphatic carbocycles. The second kappa shape index (κ2) is 8.95. The van der Waals surface area contributed by atoms with Crippen LogP contribution in [0.1, 0.15) is 44.8 Å². The lowest BCUT2D eigenvalue weighted by Gasteiger charge is -2.36. The van der Waals surface area contributed by atoms with Gasteiger partial charge in [0.1, 0.15) is 0 Å². The van der Waals surface area contributed by atoms with Gasteiger partial charge in [-0.3, -0.25) is 9.69 Å². The predicted octanol–water partition coefficient (Wildman–Crippen LogP) is 3.12. The summed E-state index contributed by atoms with van der Waals surface area (Å²) >= 11 is 0. The fourth-order valence-corrected chi connectivity index (χ4v) is 3.84. The second-order valence-corrected chi connectivity index (χ2v) is 6.94. The molecule has 0 radical (unpaired) electrons. The van der Waals surface area contributed by atoms with E-state index in [4.69, 9.17) is 5.73 Å². The molecule has 1 atom stereocenters. The van der Waals surface area contributed by atoms with Crippen molar-refractivity contribution in [1.29, 1.82) is 0 Å². The van der Waals surface area contributed by atoms with Gasteiger partial charge in [-0.2, -0.15) is 0 Å². The maximum atomic E-state index is 12.7. The number of carbonyl (C=O) groups excluding carboxylic acids is 1. The minimum Gasteiger partial charge on any atom is -0.368 e. The molecule has 1 fully saturated rings. The molecule has 0 spiro atoms. The summed E-state index contributed by atoms with van der Waals surface area (Å²) in [5, 5.41) is 0. The maximum Gasteiger partial charge on any atom is 0.236 e. The summed E-state index contributed by atoms with van der Waals surface area (Å²) in [5.41, 5.74) is 8.94. The SMILES string of the molecule is CCN(CC)C(=O)CN1CCCCC1c1nc(N)ncc1-c1ccccc1. The number of piperidine rings is 1. The zero-order valence-electron chi connectivity index (χ0n) is 16.3. The Balaban J connectivity index is 1.93. The van der Waals surface area contributed by atoms with Crippen LogP contribution in [0.5, 0.6) is 0 Å². The lowest BCUT2D eigenvalue weighted by atomic mass is 9.94. The number of benzene rings is 1. The number of hydrogen-bond acceptors (Lipinski definition) is 5. The quantitative estimate of drug-likeness (QED) is 0.849. The lowest BCUT2D eigenvalue weighted by molar-refractivity contribution is -0.133. The van der Waals surface area contributed by atoms with Crippen molar-refractivity contribution < 1.29 is 4.79 Å². The molecule has 1 unspecified atom stereocenters. The van der Waals surface area contributed by atoms with E-state index in [-0.39, 0.29) is 17.9 Å². The average Bonchev–Trinajstić information content (AvgIpc) is 2.70. The first-order valence-corrected chi connectivity index (χ1v) is 9.83. The number of aromatic nitrogens is 2. The van der Waals surface area contributed by atoms with E-state index < -0.39 is 0 Å². The van der Waals surface area contributed by atoms with Crippen molar-refractivity contribution in [2.24, 2.45) is 0 Å². The van der Waals surface area contributed by atoms with Crippen LogP contribution in [0.15, 0.2) is 36.5 Å². The van der Waals surface area contributed by atoms with Crippen LogP contribution in [0, 0.1) is 0 Å². The van der Waals surface area contributed by atoms with E-state index in [9.17, 15) is 4.79 Å². The Bertz CT molecular complexity index is 760. The number of anilines is 1. The highest BCUT2D eigenvalue weighted by atomic mass is 16.2. The van der Waals surface area contributed by atoms with E-state index in [1.165, 1.54) is 0 Å². The molecule has 27 heavy (non-hydrogen) atoms. The molecule has 3 rings (SSSR count). The van der Waals surface area contributed by atoms with Crippen molar-refractivity contribution in [3.8, 4) is 11.1 Å². The van der Waals surface area contributed by atoms with Gasteiger partial charge in [0.05, 0.1) is 18.3 Å². The number of rotatable bonds is 6. The van der Waals surface area contributed by atoms with Crippen molar-refractivity contribution in [2.45, 2.75) is 39.2 Å². The Morgan fingerprint density at radius 1 is 1.22 bits per heavy atom. The van der Waals surface area contributed by atoms with E-state index in [0.29, 0.717) is 6.54 Å². The van der Waals surface area contributed by atoms with Gasteiger partial charge >= 0.3 is 0 Å². The topological polar surface area (TPSA) is 75.4 Å². The minimum atomic E-state index is 0.0822. The van der Waals surface area contributed by atoms with Crippen LogP contribution in [0.4, 0.5) is 5.95 Å². The number of likely N-dealkylation sites (N-methyl/N-ethyl adjacent to an activating group) is 1. The zero-order valence-corrected chi connectivity index (χ0v) is 16.3. The van der Waals surface area contributed by atoms with Gasteiger partial charge in [-0.05, 0) is 38.8 Å². The normalized spacial score (nSPS) is 17.6. The molecule has 1 aromatic carbocycles. The van der Waals surface area contributed by atoms with Crippen LogP contribution in [0.2, 0.25) is 0 Å². The van der Waals surface area contributed by atoms with E-state index in [2.05, 4.69) is 27.0 Å². The van der Waals surface area contributed by atoms with Gasteiger partial charge in [0.25, 0.3) is 0 Å². The van der Waals surface area contributed by atoms with E-state index in [1.807, 2.05) is 43.1 Å². The Morgan fingerprint density at radius 2 is 1.96 bits per heavy atom. The van der Waals surface area contributed by atoms with Gasteiger partial charge in [-0.1, -0.05) is 36.8 Å². The second-order valence-electron chi connectivity index (χ2n) is 6.94. The highest BCUT2D eigenvalue weighted by Crippen LogP contribution is 2.35. The van der Waals surface area contributed by atoms with Crippen molar-refractivity contribution in [1.82, 2.24) is 19.8 Å². The number of amides is 1. The van der Waals surface area contributed by atoms with Crippen LogP contribution >= 0.6 is 0 Å². The molecule has 1 amide bonds. The molecule has 1 aliphatic heterocycles. The summed E-state index contributed by atoms with van der Waals surface area (Å²) in [6, 6.07) is 10.2. The van der Waals surface area contributed by atoms with Crippen molar-refractivity contribution in [3.05, 3.63) is 42.2 Å². The van der Waals surface area contributed by atoms with Crippen LogP contribution in [-0.4, -0.2) is 51.9 Å². The van der Waals surface area contributed by atoms with E-state index in [0.717, 1.165) is 55.7 Å². The summed E-state index contributed by atoms with van der Waals surface area (Å²) in [6.45, 7) is 6.84. The number of carbonyl (C=O) groups is 1. The zero-order chi connectivity index (χ0) is 19.2. The lowest BCUT2D eigenvalue weighted by Crippen LogP contribution is -2.43. The largest absolute Gasteiger partial charge is 0.368 e. The fourth-order valence-electron chi connectivity index (χ4n) is 3.84. The molecular formula is C21H29N5O. The van der Waals surface area contributed by atoms with Gasteiger partial charge < -0.3 is 10.6 Å². The first-order valence-electron chi connectivity index (χ1n) is 9.83. The molecular weight excluding hydrogens is 338 g/mol. The maximum absolute atomic E-state index is 12.7. The number of nitrogens with two attached hydrogens (primary N) is 1. The molecule has 0 saturated carbocycles. The number of hydrogen-bond donors (Lipinski definition) is 1. The Labute approximate surface area is 161 Å².